The highest BCUT2D eigenvalue weighted by molar-refractivity contribution is 6.04. The van der Waals surface area contributed by atoms with Crippen molar-refractivity contribution in [3.05, 3.63) is 65.9 Å². The molecule has 0 spiro atoms. The fraction of sp³-hybridized carbons (Fsp3) is 0.375. The van der Waals surface area contributed by atoms with E-state index in [0.29, 0.717) is 5.65 Å². The molecule has 1 aliphatic carbocycles. The van der Waals surface area contributed by atoms with Crippen molar-refractivity contribution in [2.75, 3.05) is 5.32 Å². The topological polar surface area (TPSA) is 95.7 Å². The number of carbonyl (C=O) groups excluding carboxylic acids is 2. The highest BCUT2D eigenvalue weighted by atomic mass is 19.1. The van der Waals surface area contributed by atoms with E-state index in [1.807, 2.05) is 0 Å². The summed E-state index contributed by atoms with van der Waals surface area (Å²) in [6, 6.07) is 9.04. The molecule has 0 unspecified atom stereocenters. The molecule has 3 aromatic rings. The predicted molar refractivity (Wildman–Crippen MR) is 119 cm³/mol. The van der Waals surface area contributed by atoms with Gasteiger partial charge in [0.05, 0.1) is 17.5 Å². The molecule has 8 heteroatoms. The normalized spacial score (nSPS) is 19.0. The molecule has 0 radical (unpaired) electrons. The van der Waals surface area contributed by atoms with Crippen molar-refractivity contribution in [2.45, 2.75) is 51.2 Å². The van der Waals surface area contributed by atoms with E-state index in [1.165, 1.54) is 18.3 Å². The number of halogens is 1. The van der Waals surface area contributed by atoms with Crippen LogP contribution in [-0.4, -0.2) is 37.9 Å². The van der Waals surface area contributed by atoms with E-state index in [2.05, 4.69) is 15.6 Å². The Hall–Kier alpha value is -3.26. The summed E-state index contributed by atoms with van der Waals surface area (Å²) in [4.78, 5) is 29.8. The molecule has 2 heterocycles. The van der Waals surface area contributed by atoms with Gasteiger partial charge in [0.15, 0.2) is 0 Å². The van der Waals surface area contributed by atoms with Crippen LogP contribution in [0, 0.1) is 11.7 Å². The maximum Gasteiger partial charge on any atom is 0.274 e. The monoisotopic (exact) mass is 438 g/mol. The van der Waals surface area contributed by atoms with Gasteiger partial charge in [0.25, 0.3) is 11.8 Å². The first-order valence-corrected chi connectivity index (χ1v) is 10.8. The lowest BCUT2D eigenvalue weighted by molar-refractivity contribution is -0.0140. The molecule has 168 valence electrons. The molecule has 1 aliphatic rings. The Morgan fingerprint density at radius 2 is 1.94 bits per heavy atom. The number of imidazole rings is 1. The smallest absolute Gasteiger partial charge is 0.274 e. The number of aromatic nitrogens is 2. The van der Waals surface area contributed by atoms with E-state index >= 15 is 0 Å². The van der Waals surface area contributed by atoms with Crippen LogP contribution in [0.25, 0.3) is 5.65 Å². The van der Waals surface area contributed by atoms with Gasteiger partial charge in [-0.1, -0.05) is 18.9 Å². The highest BCUT2D eigenvalue weighted by Crippen LogP contribution is 2.33. The average Bonchev–Trinajstić information content (AvgIpc) is 3.19. The van der Waals surface area contributed by atoms with Crippen LogP contribution in [0.15, 0.2) is 48.8 Å². The van der Waals surface area contributed by atoms with E-state index in [9.17, 15) is 19.1 Å². The van der Waals surface area contributed by atoms with Gasteiger partial charge in [-0.2, -0.15) is 0 Å². The summed E-state index contributed by atoms with van der Waals surface area (Å²) in [6.07, 6.45) is 6.70. The zero-order valence-electron chi connectivity index (χ0n) is 18.1. The third-order valence-electron chi connectivity index (χ3n) is 6.12. The Morgan fingerprint density at radius 3 is 2.72 bits per heavy atom. The first kappa shape index (κ1) is 22.0. The summed E-state index contributed by atoms with van der Waals surface area (Å²) in [7, 11) is 0. The van der Waals surface area contributed by atoms with Crippen molar-refractivity contribution in [2.24, 2.45) is 5.92 Å². The van der Waals surface area contributed by atoms with Gasteiger partial charge in [-0.3, -0.25) is 14.0 Å². The fourth-order valence-corrected chi connectivity index (χ4v) is 4.45. The Morgan fingerprint density at radius 1 is 1.16 bits per heavy atom. The highest BCUT2D eigenvalue weighted by Gasteiger charge is 2.36. The lowest BCUT2D eigenvalue weighted by Gasteiger charge is -2.39. The van der Waals surface area contributed by atoms with Gasteiger partial charge in [0.1, 0.15) is 17.2 Å². The molecule has 1 saturated carbocycles. The molecule has 32 heavy (non-hydrogen) atoms. The number of nitrogens with one attached hydrogen (secondary N) is 2. The second-order valence-electron chi connectivity index (χ2n) is 8.85. The van der Waals surface area contributed by atoms with E-state index < -0.39 is 17.3 Å². The summed E-state index contributed by atoms with van der Waals surface area (Å²) in [5.41, 5.74) is 0.0928. The van der Waals surface area contributed by atoms with Gasteiger partial charge < -0.3 is 15.7 Å². The Kier molecular flexibility index (Phi) is 5.97. The maximum atomic E-state index is 14.4. The number of amides is 2. The van der Waals surface area contributed by atoms with Gasteiger partial charge in [0, 0.05) is 23.7 Å². The van der Waals surface area contributed by atoms with Crippen LogP contribution in [0.3, 0.4) is 0 Å². The number of benzene rings is 1. The Balaban J connectivity index is 1.52. The summed E-state index contributed by atoms with van der Waals surface area (Å²) >= 11 is 0. The lowest BCUT2D eigenvalue weighted by atomic mass is 9.75. The Labute approximate surface area is 185 Å². The minimum absolute atomic E-state index is 0.0602. The number of fused-ring (bicyclic) bond motifs is 1. The number of rotatable bonds is 5. The summed E-state index contributed by atoms with van der Waals surface area (Å²) in [5, 5.41) is 16.0. The maximum absolute atomic E-state index is 14.4. The quantitative estimate of drug-likeness (QED) is 0.565. The molecule has 1 fully saturated rings. The number of nitrogens with zero attached hydrogens (tertiary/aromatic N) is 2. The van der Waals surface area contributed by atoms with Gasteiger partial charge in [0.2, 0.25) is 0 Å². The second-order valence-corrected chi connectivity index (χ2v) is 8.85. The number of aliphatic hydroxyl groups is 1. The van der Waals surface area contributed by atoms with Crippen LogP contribution in [0.5, 0.6) is 0 Å². The molecular formula is C24H27FN4O3. The van der Waals surface area contributed by atoms with E-state index in [1.54, 1.807) is 42.6 Å². The van der Waals surface area contributed by atoms with Crippen LogP contribution >= 0.6 is 0 Å². The minimum atomic E-state index is -0.908. The Bertz CT molecular complexity index is 1150. The molecule has 3 N–H and O–H groups in total. The SMILES string of the molecule is CC(C)(O)[C@H]1CCCC[C@@H]1NC(=O)c1ccc(F)c(NC(=O)c2cnc3ccccn23)c1. The molecular weight excluding hydrogens is 411 g/mol. The van der Waals surface area contributed by atoms with Crippen LogP contribution in [0.4, 0.5) is 10.1 Å². The zero-order valence-corrected chi connectivity index (χ0v) is 18.1. The van der Waals surface area contributed by atoms with Crippen LogP contribution in [0.1, 0.15) is 60.4 Å². The van der Waals surface area contributed by atoms with Gasteiger partial charge in [-0.05, 0) is 57.0 Å². The molecule has 0 bridgehead atoms. The summed E-state index contributed by atoms with van der Waals surface area (Å²) in [6.45, 7) is 3.52. The number of hydrogen-bond donors (Lipinski definition) is 3. The molecule has 7 nitrogen and oxygen atoms in total. The molecule has 4 rings (SSSR count). The number of anilines is 1. The molecule has 1 aromatic carbocycles. The summed E-state index contributed by atoms with van der Waals surface area (Å²) in [5.74, 6) is -1.60. The average molecular weight is 439 g/mol. The van der Waals surface area contributed by atoms with Gasteiger partial charge >= 0.3 is 0 Å². The zero-order chi connectivity index (χ0) is 22.9. The lowest BCUT2D eigenvalue weighted by Crippen LogP contribution is -2.50. The van der Waals surface area contributed by atoms with Crippen molar-refractivity contribution < 1.29 is 19.1 Å². The van der Waals surface area contributed by atoms with E-state index in [-0.39, 0.29) is 34.8 Å². The van der Waals surface area contributed by atoms with Crippen molar-refractivity contribution in [3.8, 4) is 0 Å². The molecule has 2 amide bonds. The number of hydrogen-bond acceptors (Lipinski definition) is 4. The van der Waals surface area contributed by atoms with Gasteiger partial charge in [-0.25, -0.2) is 9.37 Å². The van der Waals surface area contributed by atoms with Gasteiger partial charge in [-0.15, -0.1) is 0 Å². The third kappa shape index (κ3) is 4.50. The summed E-state index contributed by atoms with van der Waals surface area (Å²) < 4.78 is 16.0. The van der Waals surface area contributed by atoms with Crippen LogP contribution in [-0.2, 0) is 0 Å². The minimum Gasteiger partial charge on any atom is -0.390 e. The number of carbonyl (C=O) groups is 2. The van der Waals surface area contributed by atoms with E-state index in [0.717, 1.165) is 31.7 Å². The molecule has 2 aromatic heterocycles. The largest absolute Gasteiger partial charge is 0.390 e. The first-order valence-electron chi connectivity index (χ1n) is 10.8. The van der Waals surface area contributed by atoms with Crippen molar-refractivity contribution in [1.29, 1.82) is 0 Å². The standard InChI is InChI=1S/C24H27FN4O3/c1-24(2,32)16-7-3-4-8-18(16)27-22(30)15-10-11-17(25)19(13-15)28-23(31)20-14-26-21-9-5-6-12-29(20)21/h5-6,9-14,16,18,32H,3-4,7-8H2,1-2H3,(H,27,30)(H,28,31)/t16-,18-/m0/s1. The molecule has 0 saturated heterocycles. The van der Waals surface area contributed by atoms with E-state index in [4.69, 9.17) is 0 Å². The predicted octanol–water partition coefficient (Wildman–Crippen LogP) is 3.79. The first-order chi connectivity index (χ1) is 15.2. The van der Waals surface area contributed by atoms with Crippen LogP contribution in [0.2, 0.25) is 0 Å². The number of pyridine rings is 1. The van der Waals surface area contributed by atoms with Crippen molar-refractivity contribution in [3.63, 3.8) is 0 Å². The third-order valence-corrected chi connectivity index (χ3v) is 6.12. The fourth-order valence-electron chi connectivity index (χ4n) is 4.45. The second kappa shape index (κ2) is 8.70. The molecule has 0 aliphatic heterocycles. The van der Waals surface area contributed by atoms with Crippen molar-refractivity contribution in [1.82, 2.24) is 14.7 Å². The van der Waals surface area contributed by atoms with Crippen molar-refractivity contribution >= 4 is 23.1 Å². The molecule has 2 atom stereocenters. The van der Waals surface area contributed by atoms with Crippen LogP contribution < -0.4 is 10.6 Å².